The number of nitriles is 1. The minimum atomic E-state index is -1.26. The van der Waals surface area contributed by atoms with Gasteiger partial charge < -0.3 is 15.2 Å². The van der Waals surface area contributed by atoms with Crippen LogP contribution < -0.4 is 5.32 Å². The van der Waals surface area contributed by atoms with Crippen molar-refractivity contribution >= 4 is 6.09 Å². The Morgan fingerprint density at radius 3 is 2.52 bits per heavy atom. The van der Waals surface area contributed by atoms with E-state index in [0.717, 1.165) is 5.56 Å². The Hall–Kier alpha value is -2.06. The van der Waals surface area contributed by atoms with Crippen LogP contribution in [0.15, 0.2) is 30.3 Å². The molecule has 5 heteroatoms. The number of amides is 1. The third-order valence-electron chi connectivity index (χ3n) is 2.80. The van der Waals surface area contributed by atoms with Crippen molar-refractivity contribution in [2.24, 2.45) is 0 Å². The van der Waals surface area contributed by atoms with Crippen molar-refractivity contribution in [2.45, 2.75) is 51.4 Å². The standard InChI is InChI=1S/C16H22N2O3/c1-16(2,3)21-15(20)18-13(14(19)11-17)10-9-12-7-5-4-6-8-12/h4-8,13-14,19H,9-10H2,1-3H3,(H,18,20). The number of carbonyl (C=O) groups is 1. The summed E-state index contributed by atoms with van der Waals surface area (Å²) in [5.74, 6) is 0. The molecule has 2 unspecified atom stereocenters. The minimum absolute atomic E-state index is 0.456. The van der Waals surface area contributed by atoms with Crippen molar-refractivity contribution in [3.8, 4) is 6.07 Å². The van der Waals surface area contributed by atoms with Crippen molar-refractivity contribution in [1.29, 1.82) is 5.26 Å². The molecule has 1 aromatic rings. The molecule has 0 bridgehead atoms. The van der Waals surface area contributed by atoms with Gasteiger partial charge in [0.2, 0.25) is 0 Å². The molecule has 0 aliphatic carbocycles. The van der Waals surface area contributed by atoms with E-state index in [1.807, 2.05) is 30.3 Å². The first kappa shape index (κ1) is 17.0. The van der Waals surface area contributed by atoms with Gasteiger partial charge in [-0.15, -0.1) is 0 Å². The highest BCUT2D eigenvalue weighted by molar-refractivity contribution is 5.68. The molecule has 0 spiro atoms. The number of aliphatic hydroxyl groups is 1. The predicted octanol–water partition coefficient (Wildman–Crippen LogP) is 2.40. The first-order valence-electron chi connectivity index (χ1n) is 6.93. The number of aliphatic hydroxyl groups excluding tert-OH is 1. The number of alkyl carbamates (subject to hydrolysis) is 1. The van der Waals surface area contributed by atoms with E-state index in [-0.39, 0.29) is 0 Å². The molecule has 1 rings (SSSR count). The summed E-state index contributed by atoms with van der Waals surface area (Å²) in [6, 6.07) is 10.8. The molecule has 0 aromatic heterocycles. The Morgan fingerprint density at radius 1 is 1.38 bits per heavy atom. The number of hydrogen-bond acceptors (Lipinski definition) is 4. The van der Waals surface area contributed by atoms with Gasteiger partial charge >= 0.3 is 6.09 Å². The largest absolute Gasteiger partial charge is 0.444 e. The summed E-state index contributed by atoms with van der Waals surface area (Å²) in [4.78, 5) is 11.7. The van der Waals surface area contributed by atoms with E-state index in [0.29, 0.717) is 12.8 Å². The number of benzene rings is 1. The van der Waals surface area contributed by atoms with Gasteiger partial charge in [-0.1, -0.05) is 30.3 Å². The Morgan fingerprint density at radius 2 is 2.00 bits per heavy atom. The van der Waals surface area contributed by atoms with Crippen molar-refractivity contribution in [1.82, 2.24) is 5.32 Å². The summed E-state index contributed by atoms with van der Waals surface area (Å²) in [5.41, 5.74) is 0.463. The van der Waals surface area contributed by atoms with Gasteiger partial charge in [0.25, 0.3) is 0 Å². The Kier molecular flexibility index (Phi) is 6.19. The fraction of sp³-hybridized carbons (Fsp3) is 0.500. The van der Waals surface area contributed by atoms with Gasteiger partial charge in [-0.05, 0) is 39.2 Å². The van der Waals surface area contributed by atoms with E-state index in [4.69, 9.17) is 10.00 Å². The number of hydrogen-bond donors (Lipinski definition) is 2. The monoisotopic (exact) mass is 290 g/mol. The second-order valence-electron chi connectivity index (χ2n) is 5.85. The highest BCUT2D eigenvalue weighted by Gasteiger charge is 2.24. The topological polar surface area (TPSA) is 82.3 Å². The SMILES string of the molecule is CC(C)(C)OC(=O)NC(CCc1ccccc1)C(O)C#N. The lowest BCUT2D eigenvalue weighted by Gasteiger charge is -2.24. The first-order valence-corrected chi connectivity index (χ1v) is 6.93. The van der Waals surface area contributed by atoms with E-state index in [1.165, 1.54) is 0 Å². The Bertz CT molecular complexity index is 488. The summed E-state index contributed by atoms with van der Waals surface area (Å²) < 4.78 is 5.14. The summed E-state index contributed by atoms with van der Waals surface area (Å²) in [6.45, 7) is 5.27. The average Bonchev–Trinajstić information content (AvgIpc) is 2.41. The van der Waals surface area contributed by atoms with Crippen LogP contribution in [0.1, 0.15) is 32.8 Å². The second-order valence-corrected chi connectivity index (χ2v) is 5.85. The molecule has 0 fully saturated rings. The van der Waals surface area contributed by atoms with Crippen LogP contribution in [-0.2, 0) is 11.2 Å². The van der Waals surface area contributed by atoms with E-state index < -0.39 is 23.8 Å². The summed E-state index contributed by atoms with van der Waals surface area (Å²) in [5, 5.41) is 21.1. The summed E-state index contributed by atoms with van der Waals surface area (Å²) >= 11 is 0. The lowest BCUT2D eigenvalue weighted by molar-refractivity contribution is 0.0454. The maximum atomic E-state index is 11.7. The van der Waals surface area contributed by atoms with Gasteiger partial charge in [-0.2, -0.15) is 5.26 Å². The predicted molar refractivity (Wildman–Crippen MR) is 79.5 cm³/mol. The molecule has 0 heterocycles. The molecule has 21 heavy (non-hydrogen) atoms. The maximum absolute atomic E-state index is 11.7. The van der Waals surface area contributed by atoms with Gasteiger partial charge in [0, 0.05) is 0 Å². The zero-order chi connectivity index (χ0) is 15.9. The van der Waals surface area contributed by atoms with Crippen LogP contribution in [0.2, 0.25) is 0 Å². The van der Waals surface area contributed by atoms with Crippen molar-refractivity contribution in [3.63, 3.8) is 0 Å². The quantitative estimate of drug-likeness (QED) is 0.816. The maximum Gasteiger partial charge on any atom is 0.407 e. The van der Waals surface area contributed by atoms with Crippen molar-refractivity contribution < 1.29 is 14.6 Å². The van der Waals surface area contributed by atoms with Crippen LogP contribution in [0.4, 0.5) is 4.79 Å². The normalized spacial score (nSPS) is 13.9. The molecule has 1 amide bonds. The minimum Gasteiger partial charge on any atom is -0.444 e. The smallest absolute Gasteiger partial charge is 0.407 e. The van der Waals surface area contributed by atoms with Gasteiger partial charge in [-0.3, -0.25) is 0 Å². The fourth-order valence-electron chi connectivity index (χ4n) is 1.82. The fourth-order valence-corrected chi connectivity index (χ4v) is 1.82. The van der Waals surface area contributed by atoms with Crippen LogP contribution in [-0.4, -0.2) is 28.9 Å². The molecule has 114 valence electrons. The molecule has 1 aromatic carbocycles. The molecule has 0 aliphatic heterocycles. The van der Waals surface area contributed by atoms with E-state index >= 15 is 0 Å². The number of ether oxygens (including phenoxy) is 1. The molecule has 0 radical (unpaired) electrons. The average molecular weight is 290 g/mol. The Labute approximate surface area is 125 Å². The van der Waals surface area contributed by atoms with Crippen molar-refractivity contribution in [2.75, 3.05) is 0 Å². The third-order valence-corrected chi connectivity index (χ3v) is 2.80. The molecule has 0 saturated heterocycles. The van der Waals surface area contributed by atoms with Gasteiger partial charge in [0.1, 0.15) is 5.60 Å². The second kappa shape index (κ2) is 7.65. The highest BCUT2D eigenvalue weighted by Crippen LogP contribution is 2.10. The van der Waals surface area contributed by atoms with Gasteiger partial charge in [0.05, 0.1) is 12.1 Å². The molecule has 0 aliphatic rings. The Balaban J connectivity index is 2.60. The molecule has 5 nitrogen and oxygen atoms in total. The lowest BCUT2D eigenvalue weighted by Crippen LogP contribution is -2.45. The zero-order valence-corrected chi connectivity index (χ0v) is 12.7. The van der Waals surface area contributed by atoms with Crippen LogP contribution in [0, 0.1) is 11.3 Å². The molecule has 0 saturated carbocycles. The summed E-state index contributed by atoms with van der Waals surface area (Å²) in [7, 11) is 0. The van der Waals surface area contributed by atoms with Crippen LogP contribution in [0.5, 0.6) is 0 Å². The van der Waals surface area contributed by atoms with Gasteiger partial charge in [-0.25, -0.2) is 4.79 Å². The van der Waals surface area contributed by atoms with Gasteiger partial charge in [0.15, 0.2) is 6.10 Å². The summed E-state index contributed by atoms with van der Waals surface area (Å²) in [6.07, 6.45) is -0.783. The van der Waals surface area contributed by atoms with E-state index in [1.54, 1.807) is 26.8 Å². The molecular weight excluding hydrogens is 268 g/mol. The lowest BCUT2D eigenvalue weighted by atomic mass is 10.0. The molecule has 2 N–H and O–H groups in total. The first-order chi connectivity index (χ1) is 9.81. The van der Waals surface area contributed by atoms with E-state index in [2.05, 4.69) is 5.32 Å². The molecule has 2 atom stereocenters. The zero-order valence-electron chi connectivity index (χ0n) is 12.7. The van der Waals surface area contributed by atoms with E-state index in [9.17, 15) is 9.90 Å². The third kappa shape index (κ3) is 6.77. The number of aryl methyl sites for hydroxylation is 1. The van der Waals surface area contributed by atoms with Crippen LogP contribution >= 0.6 is 0 Å². The number of nitrogens with one attached hydrogen (secondary N) is 1. The van der Waals surface area contributed by atoms with Crippen LogP contribution in [0.3, 0.4) is 0 Å². The number of carbonyl (C=O) groups excluding carboxylic acids is 1. The number of rotatable bonds is 5. The van der Waals surface area contributed by atoms with Crippen LogP contribution in [0.25, 0.3) is 0 Å². The molecular formula is C16H22N2O3. The highest BCUT2D eigenvalue weighted by atomic mass is 16.6. The van der Waals surface area contributed by atoms with Crippen molar-refractivity contribution in [3.05, 3.63) is 35.9 Å². The number of nitrogens with zero attached hydrogens (tertiary/aromatic N) is 1.